The molecule has 4 N–H and O–H groups in total. The van der Waals surface area contributed by atoms with E-state index in [1.807, 2.05) is 0 Å². The van der Waals surface area contributed by atoms with Gasteiger partial charge in [-0.25, -0.2) is 4.39 Å². The Morgan fingerprint density at radius 2 is 2.26 bits per heavy atom. The van der Waals surface area contributed by atoms with E-state index >= 15 is 0 Å². The normalized spacial score (nSPS) is 10.3. The zero-order valence-electron chi connectivity index (χ0n) is 10.5. The van der Waals surface area contributed by atoms with Crippen LogP contribution in [-0.4, -0.2) is 23.2 Å². The van der Waals surface area contributed by atoms with Crippen LogP contribution >= 0.6 is 0 Å². The molecule has 19 heavy (non-hydrogen) atoms. The molecule has 1 aromatic heterocycles. The first kappa shape index (κ1) is 12.9. The Morgan fingerprint density at radius 3 is 2.84 bits per heavy atom. The van der Waals surface area contributed by atoms with Crippen LogP contribution in [0.15, 0.2) is 18.2 Å². The number of nitrogens with zero attached hydrogens (tertiary/aromatic N) is 1. The lowest BCUT2D eigenvalue weighted by Crippen LogP contribution is -2.13. The monoisotopic (exact) mass is 264 g/mol. The Kier molecular flexibility index (Phi) is 3.37. The fraction of sp³-hybridized carbons (Fsp3) is 0.167. The van der Waals surface area contributed by atoms with Crippen LogP contribution in [0.2, 0.25) is 0 Å². The molecule has 1 heterocycles. The summed E-state index contributed by atoms with van der Waals surface area (Å²) in [5, 5.41) is 9.04. The van der Waals surface area contributed by atoms with Gasteiger partial charge >= 0.3 is 0 Å². The highest BCUT2D eigenvalue weighted by atomic mass is 19.1. The second-order valence-corrected chi connectivity index (χ2v) is 3.91. The average Bonchev–Trinajstić information content (AvgIpc) is 2.71. The maximum absolute atomic E-state index is 13.2. The molecule has 0 atom stereocenters. The van der Waals surface area contributed by atoms with E-state index in [0.717, 1.165) is 6.07 Å². The number of rotatable bonds is 3. The Labute approximate surface area is 108 Å². The smallest absolute Gasteiger partial charge is 0.257 e. The minimum absolute atomic E-state index is 0.00108. The average molecular weight is 264 g/mol. The minimum Gasteiger partial charge on any atom is -0.494 e. The molecule has 1 amide bonds. The molecule has 0 aliphatic heterocycles. The number of aromatic nitrogens is 2. The van der Waals surface area contributed by atoms with Crippen molar-refractivity contribution >= 4 is 17.4 Å². The highest BCUT2D eigenvalue weighted by Gasteiger charge is 2.14. The lowest BCUT2D eigenvalue weighted by Gasteiger charge is -2.06. The molecule has 0 aliphatic rings. The van der Waals surface area contributed by atoms with Crippen molar-refractivity contribution in [3.8, 4) is 5.75 Å². The highest BCUT2D eigenvalue weighted by molar-refractivity contribution is 6.05. The first-order valence-corrected chi connectivity index (χ1v) is 5.48. The zero-order valence-corrected chi connectivity index (χ0v) is 10.5. The van der Waals surface area contributed by atoms with Gasteiger partial charge in [0.1, 0.15) is 0 Å². The summed E-state index contributed by atoms with van der Waals surface area (Å²) in [4.78, 5) is 12.0. The van der Waals surface area contributed by atoms with E-state index in [0.29, 0.717) is 11.4 Å². The van der Waals surface area contributed by atoms with Gasteiger partial charge < -0.3 is 15.8 Å². The van der Waals surface area contributed by atoms with E-state index in [1.54, 1.807) is 6.92 Å². The number of halogens is 1. The molecule has 7 heteroatoms. The lowest BCUT2D eigenvalue weighted by molar-refractivity contribution is 0.102. The van der Waals surface area contributed by atoms with Crippen LogP contribution in [0.25, 0.3) is 0 Å². The third kappa shape index (κ3) is 2.49. The standard InChI is InChI=1S/C12H13FN4O2/c1-6-10(14)11(17-16-6)15-12(18)7-3-4-8(13)9(5-7)19-2/h3-5H,14H2,1-2H3,(H2,15,16,17,18). The van der Waals surface area contributed by atoms with E-state index in [9.17, 15) is 9.18 Å². The summed E-state index contributed by atoms with van der Waals surface area (Å²) in [7, 11) is 1.33. The molecular weight excluding hydrogens is 251 g/mol. The van der Waals surface area contributed by atoms with Gasteiger partial charge in [0.25, 0.3) is 5.91 Å². The molecule has 0 radical (unpaired) electrons. The highest BCUT2D eigenvalue weighted by Crippen LogP contribution is 2.21. The third-order valence-corrected chi connectivity index (χ3v) is 2.64. The Morgan fingerprint density at radius 1 is 1.53 bits per heavy atom. The number of benzene rings is 1. The van der Waals surface area contributed by atoms with Crippen molar-refractivity contribution in [1.29, 1.82) is 0 Å². The molecule has 100 valence electrons. The molecule has 0 spiro atoms. The fourth-order valence-corrected chi connectivity index (χ4v) is 1.51. The van der Waals surface area contributed by atoms with Gasteiger partial charge in [0.2, 0.25) is 0 Å². The molecule has 2 rings (SSSR count). The second-order valence-electron chi connectivity index (χ2n) is 3.91. The molecule has 0 aliphatic carbocycles. The van der Waals surface area contributed by atoms with Crippen LogP contribution in [0.5, 0.6) is 5.75 Å². The number of hydrogen-bond acceptors (Lipinski definition) is 4. The SMILES string of the molecule is COc1cc(C(=O)Nc2n[nH]c(C)c2N)ccc1F. The number of aryl methyl sites for hydroxylation is 1. The van der Waals surface area contributed by atoms with Crippen molar-refractivity contribution in [3.05, 3.63) is 35.3 Å². The van der Waals surface area contributed by atoms with Gasteiger partial charge in [0.15, 0.2) is 17.4 Å². The minimum atomic E-state index is -0.533. The zero-order chi connectivity index (χ0) is 14.0. The molecule has 0 fully saturated rings. The van der Waals surface area contributed by atoms with Crippen molar-refractivity contribution in [2.45, 2.75) is 6.92 Å². The molecule has 2 aromatic rings. The van der Waals surface area contributed by atoms with Crippen LogP contribution in [0.4, 0.5) is 15.9 Å². The first-order valence-electron chi connectivity index (χ1n) is 5.48. The topological polar surface area (TPSA) is 93.0 Å². The molecule has 0 bridgehead atoms. The Bertz CT molecular complexity index is 624. The van der Waals surface area contributed by atoms with Crippen molar-refractivity contribution < 1.29 is 13.9 Å². The van der Waals surface area contributed by atoms with Crippen molar-refractivity contribution in [1.82, 2.24) is 10.2 Å². The van der Waals surface area contributed by atoms with Crippen molar-refractivity contribution in [2.24, 2.45) is 0 Å². The van der Waals surface area contributed by atoms with Gasteiger partial charge in [0, 0.05) is 5.56 Å². The van der Waals surface area contributed by atoms with Crippen LogP contribution in [0.1, 0.15) is 16.1 Å². The van der Waals surface area contributed by atoms with Gasteiger partial charge in [-0.15, -0.1) is 0 Å². The van der Waals surface area contributed by atoms with E-state index < -0.39 is 11.7 Å². The maximum Gasteiger partial charge on any atom is 0.257 e. The van der Waals surface area contributed by atoms with Crippen molar-refractivity contribution in [2.75, 3.05) is 18.2 Å². The molecule has 0 saturated carbocycles. The summed E-state index contributed by atoms with van der Waals surface area (Å²) in [6, 6.07) is 3.82. The Balaban J connectivity index is 2.23. The van der Waals surface area contributed by atoms with Gasteiger partial charge in [-0.3, -0.25) is 9.89 Å². The summed E-state index contributed by atoms with van der Waals surface area (Å²) >= 11 is 0. The third-order valence-electron chi connectivity index (χ3n) is 2.64. The van der Waals surface area contributed by atoms with Crippen LogP contribution in [0, 0.1) is 12.7 Å². The summed E-state index contributed by atoms with van der Waals surface area (Å²) in [6.07, 6.45) is 0. The molecule has 0 unspecified atom stereocenters. The van der Waals surface area contributed by atoms with Crippen LogP contribution < -0.4 is 15.8 Å². The number of carbonyl (C=O) groups is 1. The number of ether oxygens (including phenoxy) is 1. The summed E-state index contributed by atoms with van der Waals surface area (Å²) < 4.78 is 18.0. The number of H-pyrrole nitrogens is 1. The maximum atomic E-state index is 13.2. The number of nitrogen functional groups attached to an aromatic ring is 1. The van der Waals surface area contributed by atoms with Gasteiger partial charge in [-0.05, 0) is 25.1 Å². The number of amides is 1. The first-order chi connectivity index (χ1) is 9.02. The summed E-state index contributed by atoms with van der Waals surface area (Å²) in [5.74, 6) is -0.740. The molecule has 0 saturated heterocycles. The van der Waals surface area contributed by atoms with E-state index in [1.165, 1.54) is 19.2 Å². The van der Waals surface area contributed by atoms with Gasteiger partial charge in [0.05, 0.1) is 18.5 Å². The number of anilines is 2. The number of aromatic amines is 1. The number of hydrogen-bond donors (Lipinski definition) is 3. The van der Waals surface area contributed by atoms with Crippen LogP contribution in [0.3, 0.4) is 0 Å². The number of nitrogens with one attached hydrogen (secondary N) is 2. The molecule has 1 aromatic carbocycles. The molecule has 6 nitrogen and oxygen atoms in total. The largest absolute Gasteiger partial charge is 0.494 e. The fourth-order valence-electron chi connectivity index (χ4n) is 1.51. The van der Waals surface area contributed by atoms with Gasteiger partial charge in [-0.1, -0.05) is 0 Å². The quantitative estimate of drug-likeness (QED) is 0.786. The predicted octanol–water partition coefficient (Wildman–Crippen LogP) is 1.70. The van der Waals surface area contributed by atoms with E-state index in [-0.39, 0.29) is 17.1 Å². The Hall–Kier alpha value is -2.57. The summed E-state index contributed by atoms with van der Waals surface area (Å²) in [6.45, 7) is 1.74. The predicted molar refractivity (Wildman–Crippen MR) is 68.6 cm³/mol. The van der Waals surface area contributed by atoms with E-state index in [2.05, 4.69) is 15.5 Å². The van der Waals surface area contributed by atoms with Crippen molar-refractivity contribution in [3.63, 3.8) is 0 Å². The van der Waals surface area contributed by atoms with E-state index in [4.69, 9.17) is 10.5 Å². The molecular formula is C12H13FN4O2. The number of methoxy groups -OCH3 is 1. The van der Waals surface area contributed by atoms with Crippen LogP contribution in [-0.2, 0) is 0 Å². The van der Waals surface area contributed by atoms with Gasteiger partial charge in [-0.2, -0.15) is 5.10 Å². The number of carbonyl (C=O) groups excluding carboxylic acids is 1. The number of nitrogens with two attached hydrogens (primary N) is 1. The lowest BCUT2D eigenvalue weighted by atomic mass is 10.2. The summed E-state index contributed by atoms with van der Waals surface area (Å²) in [5.41, 5.74) is 6.99. The second kappa shape index (κ2) is 4.97.